The number of aromatic nitrogens is 1. The zero-order chi connectivity index (χ0) is 21.2. The second-order valence-corrected chi connectivity index (χ2v) is 10.4. The fourth-order valence-corrected chi connectivity index (χ4v) is 5.97. The number of ether oxygens (including phenoxy) is 1. The van der Waals surface area contributed by atoms with Gasteiger partial charge in [-0.25, -0.2) is 4.98 Å². The molecule has 2 saturated carbocycles. The summed E-state index contributed by atoms with van der Waals surface area (Å²) in [6.45, 7) is 1.04. The Morgan fingerprint density at radius 1 is 1.03 bits per heavy atom. The van der Waals surface area contributed by atoms with Crippen LogP contribution >= 0.6 is 22.9 Å². The molecule has 2 aromatic carbocycles. The van der Waals surface area contributed by atoms with Gasteiger partial charge in [-0.05, 0) is 85.8 Å². The van der Waals surface area contributed by atoms with Gasteiger partial charge in [0, 0.05) is 24.3 Å². The Labute approximate surface area is 193 Å². The van der Waals surface area contributed by atoms with Crippen LogP contribution < -0.4 is 10.1 Å². The summed E-state index contributed by atoms with van der Waals surface area (Å²) in [6, 6.07) is 15.1. The highest BCUT2D eigenvalue weighted by Crippen LogP contribution is 2.43. The lowest BCUT2D eigenvalue weighted by molar-refractivity contribution is 0.338. The van der Waals surface area contributed by atoms with Crippen LogP contribution in [0.3, 0.4) is 0 Å². The van der Waals surface area contributed by atoms with Gasteiger partial charge in [0.25, 0.3) is 0 Å². The van der Waals surface area contributed by atoms with Crippen LogP contribution in [0, 0.1) is 5.92 Å². The number of hydrogen-bond donors (Lipinski definition) is 1. The Morgan fingerprint density at radius 2 is 1.84 bits per heavy atom. The summed E-state index contributed by atoms with van der Waals surface area (Å²) < 4.78 is 5.29. The molecule has 3 aromatic rings. The van der Waals surface area contributed by atoms with Gasteiger partial charge in [0.2, 0.25) is 0 Å². The van der Waals surface area contributed by atoms with Gasteiger partial charge >= 0.3 is 0 Å². The maximum absolute atomic E-state index is 6.33. The molecule has 0 atom stereocenters. The summed E-state index contributed by atoms with van der Waals surface area (Å²) >= 11 is 8.19. The van der Waals surface area contributed by atoms with Crippen molar-refractivity contribution in [2.24, 2.45) is 5.92 Å². The fourth-order valence-electron chi connectivity index (χ4n) is 4.62. The number of halogens is 1. The van der Waals surface area contributed by atoms with Crippen molar-refractivity contribution in [3.05, 3.63) is 64.3 Å². The van der Waals surface area contributed by atoms with E-state index >= 15 is 0 Å². The second kappa shape index (κ2) is 9.22. The number of methoxy groups -OCH3 is 1. The molecule has 1 aromatic heterocycles. The molecular weight excluding hydrogens is 424 g/mol. The molecule has 0 amide bonds. The smallest absolute Gasteiger partial charge is 0.137 e. The van der Waals surface area contributed by atoms with Crippen molar-refractivity contribution >= 4 is 28.6 Å². The summed E-state index contributed by atoms with van der Waals surface area (Å²) in [7, 11) is 1.66. The lowest BCUT2D eigenvalue weighted by atomic mass is 9.78. The molecule has 1 heterocycles. The molecule has 2 aliphatic carbocycles. The Hall–Kier alpha value is -2.04. The summed E-state index contributed by atoms with van der Waals surface area (Å²) in [5.41, 5.74) is 3.83. The summed E-state index contributed by atoms with van der Waals surface area (Å²) in [4.78, 5) is 5.92. The molecule has 0 aliphatic heterocycles. The van der Waals surface area contributed by atoms with E-state index in [2.05, 4.69) is 46.7 Å². The van der Waals surface area contributed by atoms with Crippen LogP contribution in [0.2, 0.25) is 5.02 Å². The predicted octanol–water partition coefficient (Wildman–Crippen LogP) is 7.74. The van der Waals surface area contributed by atoms with Gasteiger partial charge < -0.3 is 10.1 Å². The Bertz CT molecular complexity index is 1040. The molecular formula is C26H29ClN2OS. The van der Waals surface area contributed by atoms with Gasteiger partial charge in [-0.1, -0.05) is 29.8 Å². The lowest BCUT2D eigenvalue weighted by Gasteiger charge is -2.29. The van der Waals surface area contributed by atoms with Crippen LogP contribution in [-0.4, -0.2) is 18.6 Å². The minimum absolute atomic E-state index is 0.606. The molecule has 5 heteroatoms. The molecule has 0 unspecified atom stereocenters. The Balaban J connectivity index is 1.15. The predicted molar refractivity (Wildman–Crippen MR) is 131 cm³/mol. The van der Waals surface area contributed by atoms with Crippen LogP contribution in [0.4, 0.5) is 5.69 Å². The van der Waals surface area contributed by atoms with Gasteiger partial charge in [-0.3, -0.25) is 0 Å². The van der Waals surface area contributed by atoms with E-state index in [0.717, 1.165) is 24.1 Å². The third-order valence-electron chi connectivity index (χ3n) is 6.69. The van der Waals surface area contributed by atoms with Crippen molar-refractivity contribution in [2.75, 3.05) is 19.0 Å². The molecule has 0 spiro atoms. The number of nitrogens with zero attached hydrogens (tertiary/aromatic N) is 1. The summed E-state index contributed by atoms with van der Waals surface area (Å²) in [6.07, 6.45) is 9.61. The van der Waals surface area contributed by atoms with E-state index in [-0.39, 0.29) is 0 Å². The highest BCUT2D eigenvalue weighted by Gasteiger charge is 2.27. The number of nitrogens with one attached hydrogen (secondary N) is 1. The van der Waals surface area contributed by atoms with Crippen LogP contribution in [0.5, 0.6) is 5.75 Å². The maximum atomic E-state index is 6.33. The summed E-state index contributed by atoms with van der Waals surface area (Å²) in [5, 5.41) is 5.72. The second-order valence-electron chi connectivity index (χ2n) is 8.91. The minimum Gasteiger partial charge on any atom is -0.495 e. The average Bonchev–Trinajstić information content (AvgIpc) is 3.54. The minimum atomic E-state index is 0.606. The molecule has 31 heavy (non-hydrogen) atoms. The van der Waals surface area contributed by atoms with Crippen molar-refractivity contribution in [1.29, 1.82) is 0 Å². The molecule has 162 valence electrons. The van der Waals surface area contributed by atoms with Crippen molar-refractivity contribution in [3.8, 4) is 16.2 Å². The first-order valence-corrected chi connectivity index (χ1v) is 12.5. The first kappa shape index (κ1) is 20.8. The molecule has 0 saturated heterocycles. The molecule has 5 rings (SSSR count). The van der Waals surface area contributed by atoms with Crippen LogP contribution in [-0.2, 0) is 0 Å². The summed E-state index contributed by atoms with van der Waals surface area (Å²) in [5.74, 6) is 2.81. The third kappa shape index (κ3) is 4.91. The van der Waals surface area contributed by atoms with E-state index < -0.39 is 0 Å². The zero-order valence-electron chi connectivity index (χ0n) is 17.9. The van der Waals surface area contributed by atoms with Crippen LogP contribution in [0.15, 0.2) is 48.7 Å². The number of rotatable bonds is 7. The molecule has 1 N–H and O–H groups in total. The van der Waals surface area contributed by atoms with Gasteiger partial charge in [0.15, 0.2) is 0 Å². The quantitative estimate of drug-likeness (QED) is 0.398. The van der Waals surface area contributed by atoms with Gasteiger partial charge in [0.05, 0.1) is 22.0 Å². The van der Waals surface area contributed by atoms with E-state index in [9.17, 15) is 0 Å². The van der Waals surface area contributed by atoms with E-state index in [0.29, 0.717) is 10.9 Å². The average molecular weight is 453 g/mol. The Morgan fingerprint density at radius 3 is 2.58 bits per heavy atom. The van der Waals surface area contributed by atoms with Crippen molar-refractivity contribution in [2.45, 2.75) is 50.4 Å². The van der Waals surface area contributed by atoms with Crippen molar-refractivity contribution in [3.63, 3.8) is 0 Å². The molecule has 0 radical (unpaired) electrons. The van der Waals surface area contributed by atoms with E-state index in [1.165, 1.54) is 65.2 Å². The monoisotopic (exact) mass is 452 g/mol. The molecule has 2 fully saturated rings. The van der Waals surface area contributed by atoms with Crippen LogP contribution in [0.25, 0.3) is 10.4 Å². The fraction of sp³-hybridized carbons (Fsp3) is 0.423. The van der Waals surface area contributed by atoms with Crippen molar-refractivity contribution in [1.82, 2.24) is 4.98 Å². The van der Waals surface area contributed by atoms with E-state index in [1.807, 2.05) is 23.6 Å². The molecule has 0 bridgehead atoms. The normalized spacial score (nSPS) is 21.1. The van der Waals surface area contributed by atoms with Gasteiger partial charge in [0.1, 0.15) is 5.75 Å². The first-order valence-electron chi connectivity index (χ1n) is 11.3. The topological polar surface area (TPSA) is 34.1 Å². The largest absolute Gasteiger partial charge is 0.495 e. The number of anilines is 1. The molecule has 2 aliphatic rings. The van der Waals surface area contributed by atoms with Crippen LogP contribution in [0.1, 0.15) is 60.9 Å². The highest BCUT2D eigenvalue weighted by atomic mass is 35.5. The van der Waals surface area contributed by atoms with Gasteiger partial charge in [-0.2, -0.15) is 0 Å². The highest BCUT2D eigenvalue weighted by molar-refractivity contribution is 7.15. The standard InChI is InChI=1S/C26H29ClN2OS/c1-30-24-12-11-20(14-23(24)27)18-7-5-17(6-8-18)15-28-22-4-2-3-21(13-22)25-16-29-26(31-25)19-9-10-19/h2-4,11-14,16-19,28H,5-10,15H2,1H3/t17-,18-. The van der Waals surface area contributed by atoms with Gasteiger partial charge in [-0.15, -0.1) is 11.3 Å². The van der Waals surface area contributed by atoms with Crippen molar-refractivity contribution < 1.29 is 4.74 Å². The number of hydrogen-bond acceptors (Lipinski definition) is 4. The Kier molecular flexibility index (Phi) is 6.20. The first-order chi connectivity index (χ1) is 15.2. The lowest BCUT2D eigenvalue weighted by Crippen LogP contribution is -2.20. The van der Waals surface area contributed by atoms with E-state index in [1.54, 1.807) is 7.11 Å². The third-order valence-corrected chi connectivity index (χ3v) is 8.19. The zero-order valence-corrected chi connectivity index (χ0v) is 19.5. The molecule has 3 nitrogen and oxygen atoms in total. The van der Waals surface area contributed by atoms with E-state index in [4.69, 9.17) is 16.3 Å². The maximum Gasteiger partial charge on any atom is 0.137 e. The number of benzene rings is 2. The SMILES string of the molecule is COc1ccc([C@H]2CC[C@H](CNc3cccc(-c4cnc(C5CC5)s4)c3)CC2)cc1Cl. The number of thiazole rings is 1.